The number of benzene rings is 2. The second-order valence-electron chi connectivity index (χ2n) is 20.6. The van der Waals surface area contributed by atoms with E-state index < -0.39 is 114 Å². The maximum Gasteiger partial charge on any atom is 0.329 e. The van der Waals surface area contributed by atoms with Gasteiger partial charge in [0.2, 0.25) is 47.3 Å². The van der Waals surface area contributed by atoms with Gasteiger partial charge in [-0.25, -0.2) is 4.79 Å². The van der Waals surface area contributed by atoms with Crippen molar-refractivity contribution in [1.82, 2.24) is 41.3 Å². The zero-order valence-corrected chi connectivity index (χ0v) is 43.3. The van der Waals surface area contributed by atoms with Crippen LogP contribution in [-0.4, -0.2) is 148 Å². The van der Waals surface area contributed by atoms with E-state index in [0.29, 0.717) is 24.0 Å². The van der Waals surface area contributed by atoms with E-state index in [1.54, 1.807) is 63.2 Å². The molecule has 3 heterocycles. The quantitative estimate of drug-likeness (QED) is 0.179. The van der Waals surface area contributed by atoms with E-state index in [1.807, 2.05) is 27.7 Å². The Morgan fingerprint density at radius 2 is 1.21 bits per heavy atom. The number of hydrogen-bond acceptors (Lipinski definition) is 11. The lowest BCUT2D eigenvalue weighted by Gasteiger charge is -2.36. The first-order valence-electron chi connectivity index (χ1n) is 25.5. The Kier molecular flexibility index (Phi) is 20.1. The van der Waals surface area contributed by atoms with Crippen LogP contribution in [0.5, 0.6) is 5.75 Å². The number of ether oxygens (including phenoxy) is 1. The Morgan fingerprint density at radius 1 is 0.667 bits per heavy atom. The largest absolute Gasteiger partial charge is 0.508 e. The molecular formula is C53H76N8O11. The highest BCUT2D eigenvalue weighted by Gasteiger charge is 2.45. The number of amides is 8. The van der Waals surface area contributed by atoms with Crippen LogP contribution in [0.4, 0.5) is 0 Å². The van der Waals surface area contributed by atoms with Gasteiger partial charge in [-0.3, -0.25) is 38.4 Å². The van der Waals surface area contributed by atoms with Gasteiger partial charge in [0.15, 0.2) is 0 Å². The molecule has 3 fully saturated rings. The Hall–Kier alpha value is -6.53. The number of phenolic OH excluding ortho intramolecular Hbond substituents is 1. The van der Waals surface area contributed by atoms with Crippen LogP contribution in [0.15, 0.2) is 54.6 Å². The number of carbonyl (C=O) groups is 9. The molecule has 2 aromatic carbocycles. The molecule has 0 saturated carbocycles. The summed E-state index contributed by atoms with van der Waals surface area (Å²) in [6.07, 6.45) is 0.208. The van der Waals surface area contributed by atoms with Crippen LogP contribution < -0.4 is 26.6 Å². The van der Waals surface area contributed by atoms with Crippen molar-refractivity contribution in [2.75, 3.05) is 20.1 Å². The first-order valence-corrected chi connectivity index (χ1v) is 25.5. The average Bonchev–Trinajstić information content (AvgIpc) is 4.04. The highest BCUT2D eigenvalue weighted by atomic mass is 16.5. The van der Waals surface area contributed by atoms with E-state index in [-0.39, 0.29) is 75.6 Å². The van der Waals surface area contributed by atoms with E-state index in [4.69, 9.17) is 4.74 Å². The monoisotopic (exact) mass is 1000 g/mol. The normalized spacial score (nSPS) is 26.8. The van der Waals surface area contributed by atoms with E-state index in [0.717, 1.165) is 0 Å². The van der Waals surface area contributed by atoms with Crippen molar-refractivity contribution in [3.05, 3.63) is 65.7 Å². The smallest absolute Gasteiger partial charge is 0.329 e. The Morgan fingerprint density at radius 3 is 1.81 bits per heavy atom. The van der Waals surface area contributed by atoms with Gasteiger partial charge in [0.05, 0.1) is 0 Å². The molecule has 0 bridgehead atoms. The number of esters is 1. The molecule has 3 aliphatic rings. The summed E-state index contributed by atoms with van der Waals surface area (Å²) in [5.41, 5.74) is 1.25. The van der Waals surface area contributed by atoms with Crippen LogP contribution in [0.2, 0.25) is 0 Å². The summed E-state index contributed by atoms with van der Waals surface area (Å²) in [6.45, 7) is 14.3. The fourth-order valence-electron chi connectivity index (χ4n) is 9.62. The summed E-state index contributed by atoms with van der Waals surface area (Å²) in [6, 6.07) is 5.34. The predicted molar refractivity (Wildman–Crippen MR) is 267 cm³/mol. The number of nitrogens with one attached hydrogen (secondary N) is 5. The summed E-state index contributed by atoms with van der Waals surface area (Å²) >= 11 is 0. The Labute approximate surface area is 423 Å². The molecule has 0 unspecified atom stereocenters. The van der Waals surface area contributed by atoms with E-state index in [9.17, 15) is 48.3 Å². The molecule has 0 aliphatic carbocycles. The molecule has 0 aromatic heterocycles. The number of hydrogen-bond donors (Lipinski definition) is 6. The van der Waals surface area contributed by atoms with E-state index in [2.05, 4.69) is 26.6 Å². The van der Waals surface area contributed by atoms with Crippen LogP contribution in [0.25, 0.3) is 0 Å². The molecule has 0 spiro atoms. The van der Waals surface area contributed by atoms with Gasteiger partial charge in [-0.15, -0.1) is 0 Å². The molecule has 2 aromatic rings. The van der Waals surface area contributed by atoms with Crippen molar-refractivity contribution in [3.8, 4) is 5.75 Å². The Bertz CT molecular complexity index is 2260. The molecule has 5 rings (SSSR count). The molecule has 72 heavy (non-hydrogen) atoms. The maximum atomic E-state index is 15.0. The van der Waals surface area contributed by atoms with Gasteiger partial charge in [0, 0.05) is 39.4 Å². The average molecular weight is 1000 g/mol. The van der Waals surface area contributed by atoms with Crippen LogP contribution >= 0.6 is 0 Å². The SMILES string of the molecule is CCC(=O)N[C@@H]1C(=O)N[C@@H](Cc2ccccc2)C(=O)N[C@H](CC(C)C)C(=O)N[C@@H](C(C)C)C(=O)N2CCC[C@H]2C(=O)N[C@@H](CC(C)C)C(=O)N(C)[C@@H](Cc2ccc(O)cc2)C(=O)N2CCC[C@H]2C(=O)O[C@@H]1C. The highest BCUT2D eigenvalue weighted by molar-refractivity contribution is 5.98. The number of likely N-dealkylation sites (N-methyl/N-ethyl adjacent to an activating group) is 1. The fourth-order valence-corrected chi connectivity index (χ4v) is 9.62. The molecule has 3 aliphatic heterocycles. The van der Waals surface area contributed by atoms with Gasteiger partial charge in [0.1, 0.15) is 60.2 Å². The summed E-state index contributed by atoms with van der Waals surface area (Å²) in [5, 5.41) is 24.1. The number of rotatable bonds is 11. The molecule has 0 radical (unpaired) electrons. The minimum atomic E-state index is -1.52. The lowest BCUT2D eigenvalue weighted by atomic mass is 9.98. The van der Waals surface area contributed by atoms with Gasteiger partial charge in [-0.05, 0) is 86.5 Å². The van der Waals surface area contributed by atoms with E-state index in [1.165, 1.54) is 40.8 Å². The second kappa shape index (κ2) is 25.7. The minimum Gasteiger partial charge on any atom is -0.508 e. The Balaban J connectivity index is 1.61. The standard InChI is InChI=1S/C53H76N8O11/c1-10-43(63)57-45-33(8)72-53(71)41-19-15-25-61(41)51(69)42(29-35-20-22-36(62)23-21-35)59(9)50(68)39(27-31(4)5)56-48(66)40-18-14-24-60(40)52(70)44(32(6)7)58-47(65)37(26-30(2)3)54-46(64)38(55-49(45)67)28-34-16-12-11-13-17-34/h11-13,16-17,20-23,30-33,37-42,44-45,62H,10,14-15,18-19,24-29H2,1-9H3,(H,54,64)(H,55,67)(H,56,66)(H,57,63)(H,58,65)/t33-,37-,38+,39+,40+,41+,42+,44+,45+/m1/s1. The van der Waals surface area contributed by atoms with Crippen LogP contribution in [-0.2, 0) is 60.7 Å². The zero-order valence-electron chi connectivity index (χ0n) is 43.3. The van der Waals surface area contributed by atoms with Crippen molar-refractivity contribution in [1.29, 1.82) is 0 Å². The van der Waals surface area contributed by atoms with Crippen LogP contribution in [0.3, 0.4) is 0 Å². The van der Waals surface area contributed by atoms with Crippen LogP contribution in [0.1, 0.15) is 111 Å². The van der Waals surface area contributed by atoms with Crippen molar-refractivity contribution >= 4 is 53.2 Å². The summed E-state index contributed by atoms with van der Waals surface area (Å²) < 4.78 is 5.96. The third-order valence-corrected chi connectivity index (χ3v) is 13.6. The molecular weight excluding hydrogens is 925 g/mol. The number of phenols is 1. The first-order chi connectivity index (χ1) is 34.1. The van der Waals surface area contributed by atoms with Gasteiger partial charge >= 0.3 is 5.97 Å². The van der Waals surface area contributed by atoms with Crippen molar-refractivity contribution < 1.29 is 53.0 Å². The predicted octanol–water partition coefficient (Wildman–Crippen LogP) is 2.51. The number of fused-ring (bicyclic) bond motifs is 2. The van der Waals surface area contributed by atoms with Crippen LogP contribution in [0, 0.1) is 17.8 Å². The molecule has 9 atom stereocenters. The third kappa shape index (κ3) is 14.8. The third-order valence-electron chi connectivity index (χ3n) is 13.6. The zero-order chi connectivity index (χ0) is 53.0. The number of cyclic esters (lactones) is 1. The van der Waals surface area contributed by atoms with Crippen molar-refractivity contribution in [3.63, 3.8) is 0 Å². The lowest BCUT2D eigenvalue weighted by Crippen LogP contribution is -2.61. The topological polar surface area (TPSA) is 253 Å². The summed E-state index contributed by atoms with van der Waals surface area (Å²) in [4.78, 5) is 134. The molecule has 19 heteroatoms. The second-order valence-corrected chi connectivity index (χ2v) is 20.6. The van der Waals surface area contributed by atoms with E-state index >= 15 is 0 Å². The number of aromatic hydroxyl groups is 1. The van der Waals surface area contributed by atoms with Gasteiger partial charge in [-0.2, -0.15) is 0 Å². The van der Waals surface area contributed by atoms with Gasteiger partial charge in [-0.1, -0.05) is 90.9 Å². The highest BCUT2D eigenvalue weighted by Crippen LogP contribution is 2.26. The van der Waals surface area contributed by atoms with Crippen molar-refractivity contribution in [2.45, 2.75) is 168 Å². The molecule has 19 nitrogen and oxygen atoms in total. The minimum absolute atomic E-state index is 0.0103. The fraction of sp³-hybridized carbons (Fsp3) is 0.604. The molecule has 8 amide bonds. The summed E-state index contributed by atoms with van der Waals surface area (Å²) in [5.74, 6) is -6.64. The van der Waals surface area contributed by atoms with Gasteiger partial charge in [0.25, 0.3) is 0 Å². The maximum absolute atomic E-state index is 15.0. The van der Waals surface area contributed by atoms with Crippen molar-refractivity contribution in [2.24, 2.45) is 17.8 Å². The van der Waals surface area contributed by atoms with Gasteiger partial charge < -0.3 is 51.1 Å². The number of nitrogens with zero attached hydrogens (tertiary/aromatic N) is 3. The molecule has 394 valence electrons. The summed E-state index contributed by atoms with van der Waals surface area (Å²) in [7, 11) is 1.46. The lowest BCUT2D eigenvalue weighted by molar-refractivity contribution is -0.161. The molecule has 6 N–H and O–H groups in total. The molecule has 3 saturated heterocycles. The first kappa shape index (κ1) is 56.4. The number of carbonyl (C=O) groups excluding carboxylic acids is 9.